The Hall–Kier alpha value is -3.71. The quantitative estimate of drug-likeness (QED) is 0.610. The topological polar surface area (TPSA) is 80.8 Å². The zero-order valence-corrected chi connectivity index (χ0v) is 18.2. The Bertz CT molecular complexity index is 1140. The number of anilines is 1. The Kier molecular flexibility index (Phi) is 6.04. The first kappa shape index (κ1) is 21.2. The number of morpholine rings is 1. The van der Waals surface area contributed by atoms with E-state index < -0.39 is 0 Å². The summed E-state index contributed by atoms with van der Waals surface area (Å²) in [5, 5.41) is 2.95. The molecule has 1 saturated heterocycles. The van der Waals surface area contributed by atoms with Crippen LogP contribution in [0.3, 0.4) is 0 Å². The van der Waals surface area contributed by atoms with Gasteiger partial charge in [0, 0.05) is 37.8 Å². The van der Waals surface area contributed by atoms with E-state index in [2.05, 4.69) is 15.2 Å². The number of hydrogen-bond acceptors (Lipinski definition) is 6. The molecule has 5 rings (SSSR count). The number of esters is 1. The van der Waals surface area contributed by atoms with Crippen LogP contribution in [0.2, 0.25) is 0 Å². The summed E-state index contributed by atoms with van der Waals surface area (Å²) in [4.78, 5) is 32.0. The lowest BCUT2D eigenvalue weighted by atomic mass is 9.93. The van der Waals surface area contributed by atoms with E-state index >= 15 is 0 Å². The van der Waals surface area contributed by atoms with Crippen molar-refractivity contribution >= 4 is 17.7 Å². The lowest BCUT2D eigenvalue weighted by Gasteiger charge is -2.27. The standard InChI is InChI=1S/C26H25N3O4/c30-25(28-17-18-6-9-24(27-16-18)29-10-12-32-13-11-29)20-7-8-22-21(14-20)15-23(33-26(22)31)19-4-2-1-3-5-19/h1-9,14,16,23H,10-13,15,17H2,(H,28,30)/t23-/m1/s1. The van der Waals surface area contributed by atoms with Gasteiger partial charge in [0.25, 0.3) is 5.91 Å². The smallest absolute Gasteiger partial charge is 0.339 e. The highest BCUT2D eigenvalue weighted by Gasteiger charge is 2.28. The molecular formula is C26H25N3O4. The maximum Gasteiger partial charge on any atom is 0.339 e. The third-order valence-electron chi connectivity index (χ3n) is 6.01. The van der Waals surface area contributed by atoms with Crippen molar-refractivity contribution in [1.82, 2.24) is 10.3 Å². The maximum absolute atomic E-state index is 12.8. The zero-order valence-electron chi connectivity index (χ0n) is 18.2. The van der Waals surface area contributed by atoms with E-state index in [0.717, 1.165) is 35.6 Å². The summed E-state index contributed by atoms with van der Waals surface area (Å²) in [6.07, 6.45) is 1.98. The van der Waals surface area contributed by atoms with Crippen LogP contribution in [-0.4, -0.2) is 43.2 Å². The highest BCUT2D eigenvalue weighted by atomic mass is 16.5. The summed E-state index contributed by atoms with van der Waals surface area (Å²) in [7, 11) is 0. The Morgan fingerprint density at radius 2 is 1.88 bits per heavy atom. The number of ether oxygens (including phenoxy) is 2. The van der Waals surface area contributed by atoms with Gasteiger partial charge in [-0.25, -0.2) is 9.78 Å². The van der Waals surface area contributed by atoms with Crippen molar-refractivity contribution in [2.24, 2.45) is 0 Å². The van der Waals surface area contributed by atoms with Gasteiger partial charge in [0.15, 0.2) is 0 Å². The number of amides is 1. The molecule has 2 aliphatic rings. The molecule has 2 aromatic carbocycles. The van der Waals surface area contributed by atoms with Crippen molar-refractivity contribution in [2.45, 2.75) is 19.1 Å². The molecule has 0 bridgehead atoms. The van der Waals surface area contributed by atoms with E-state index in [9.17, 15) is 9.59 Å². The van der Waals surface area contributed by atoms with Gasteiger partial charge in [0.1, 0.15) is 11.9 Å². The molecule has 0 unspecified atom stereocenters. The van der Waals surface area contributed by atoms with Crippen LogP contribution in [-0.2, 0) is 22.4 Å². The lowest BCUT2D eigenvalue weighted by Crippen LogP contribution is -2.36. The van der Waals surface area contributed by atoms with E-state index in [1.54, 1.807) is 24.4 Å². The molecule has 33 heavy (non-hydrogen) atoms. The number of fused-ring (bicyclic) bond motifs is 1. The molecule has 3 aromatic rings. The average Bonchev–Trinajstić information content (AvgIpc) is 2.88. The molecule has 168 valence electrons. The first-order valence-corrected chi connectivity index (χ1v) is 11.1. The fourth-order valence-electron chi connectivity index (χ4n) is 4.18. The van der Waals surface area contributed by atoms with Gasteiger partial charge in [-0.2, -0.15) is 0 Å². The Labute approximate surface area is 192 Å². The molecule has 7 heteroatoms. The minimum atomic E-state index is -0.358. The molecular weight excluding hydrogens is 418 g/mol. The second kappa shape index (κ2) is 9.42. The highest BCUT2D eigenvalue weighted by Crippen LogP contribution is 2.31. The van der Waals surface area contributed by atoms with Crippen molar-refractivity contribution in [3.05, 3.63) is 94.7 Å². The molecule has 0 radical (unpaired) electrons. The first-order valence-electron chi connectivity index (χ1n) is 11.1. The molecule has 0 spiro atoms. The number of nitrogens with zero attached hydrogens (tertiary/aromatic N) is 2. The molecule has 2 aliphatic heterocycles. The van der Waals surface area contributed by atoms with Crippen molar-refractivity contribution in [3.8, 4) is 0 Å². The Morgan fingerprint density at radius 1 is 1.06 bits per heavy atom. The van der Waals surface area contributed by atoms with Gasteiger partial charge >= 0.3 is 5.97 Å². The van der Waals surface area contributed by atoms with Gasteiger partial charge in [-0.3, -0.25) is 4.79 Å². The normalized spacial score (nSPS) is 17.8. The fraction of sp³-hybridized carbons (Fsp3) is 0.269. The third kappa shape index (κ3) is 4.73. The van der Waals surface area contributed by atoms with Crippen LogP contribution >= 0.6 is 0 Å². The number of cyclic esters (lactones) is 1. The van der Waals surface area contributed by atoms with Gasteiger partial charge in [-0.15, -0.1) is 0 Å². The lowest BCUT2D eigenvalue weighted by molar-refractivity contribution is 0.0252. The minimum Gasteiger partial charge on any atom is -0.454 e. The molecule has 7 nitrogen and oxygen atoms in total. The van der Waals surface area contributed by atoms with Gasteiger partial charge < -0.3 is 19.7 Å². The molecule has 1 N–H and O–H groups in total. The van der Waals surface area contributed by atoms with E-state index in [4.69, 9.17) is 9.47 Å². The van der Waals surface area contributed by atoms with Crippen LogP contribution in [0.15, 0.2) is 66.9 Å². The number of hydrogen-bond donors (Lipinski definition) is 1. The summed E-state index contributed by atoms with van der Waals surface area (Å²) < 4.78 is 11.0. The van der Waals surface area contributed by atoms with E-state index in [1.807, 2.05) is 42.5 Å². The largest absolute Gasteiger partial charge is 0.454 e. The van der Waals surface area contributed by atoms with Crippen LogP contribution in [0.5, 0.6) is 0 Å². The second-order valence-electron chi connectivity index (χ2n) is 8.19. The molecule has 3 heterocycles. The molecule has 1 amide bonds. The number of carbonyl (C=O) groups is 2. The second-order valence-corrected chi connectivity index (χ2v) is 8.19. The van der Waals surface area contributed by atoms with Crippen molar-refractivity contribution in [1.29, 1.82) is 0 Å². The van der Waals surface area contributed by atoms with Crippen LogP contribution < -0.4 is 10.2 Å². The third-order valence-corrected chi connectivity index (χ3v) is 6.01. The van der Waals surface area contributed by atoms with Crippen molar-refractivity contribution < 1.29 is 19.1 Å². The van der Waals surface area contributed by atoms with Gasteiger partial charge in [-0.05, 0) is 41.0 Å². The predicted molar refractivity (Wildman–Crippen MR) is 123 cm³/mol. The van der Waals surface area contributed by atoms with Gasteiger partial charge in [0.2, 0.25) is 0 Å². The van der Waals surface area contributed by atoms with Crippen LogP contribution in [0.1, 0.15) is 43.5 Å². The molecule has 0 aliphatic carbocycles. The van der Waals surface area contributed by atoms with Crippen LogP contribution in [0.25, 0.3) is 0 Å². The Morgan fingerprint density at radius 3 is 2.64 bits per heavy atom. The minimum absolute atomic E-state index is 0.190. The van der Waals surface area contributed by atoms with E-state index in [0.29, 0.717) is 37.3 Å². The molecule has 1 fully saturated rings. The summed E-state index contributed by atoms with van der Waals surface area (Å²) in [5.74, 6) is 0.372. The monoisotopic (exact) mass is 443 g/mol. The number of carbonyl (C=O) groups excluding carboxylic acids is 2. The predicted octanol–water partition coefficient (Wildman–Crippen LogP) is 3.30. The maximum atomic E-state index is 12.8. The number of rotatable bonds is 5. The van der Waals surface area contributed by atoms with Crippen molar-refractivity contribution in [2.75, 3.05) is 31.2 Å². The fourth-order valence-corrected chi connectivity index (χ4v) is 4.18. The number of aromatic nitrogens is 1. The number of nitrogens with one attached hydrogen (secondary N) is 1. The Balaban J connectivity index is 1.24. The van der Waals surface area contributed by atoms with Gasteiger partial charge in [-0.1, -0.05) is 36.4 Å². The van der Waals surface area contributed by atoms with Crippen LogP contribution in [0.4, 0.5) is 5.82 Å². The summed E-state index contributed by atoms with van der Waals surface area (Å²) in [6, 6.07) is 18.7. The average molecular weight is 444 g/mol. The number of benzene rings is 2. The molecule has 0 saturated carbocycles. The number of pyridine rings is 1. The zero-order chi connectivity index (χ0) is 22.6. The van der Waals surface area contributed by atoms with E-state index in [1.165, 1.54) is 0 Å². The van der Waals surface area contributed by atoms with Crippen molar-refractivity contribution in [3.63, 3.8) is 0 Å². The van der Waals surface area contributed by atoms with Gasteiger partial charge in [0.05, 0.1) is 18.8 Å². The SMILES string of the molecule is O=C(NCc1ccc(N2CCOCC2)nc1)c1ccc2c(c1)C[C@H](c1ccccc1)OC2=O. The first-order chi connectivity index (χ1) is 16.2. The molecule has 1 aromatic heterocycles. The van der Waals surface area contributed by atoms with Crippen LogP contribution in [0, 0.1) is 0 Å². The molecule has 1 atom stereocenters. The highest BCUT2D eigenvalue weighted by molar-refractivity contribution is 5.97. The van der Waals surface area contributed by atoms with E-state index in [-0.39, 0.29) is 18.0 Å². The summed E-state index contributed by atoms with van der Waals surface area (Å²) in [6.45, 7) is 3.47. The summed E-state index contributed by atoms with van der Waals surface area (Å²) in [5.41, 5.74) is 3.73. The summed E-state index contributed by atoms with van der Waals surface area (Å²) >= 11 is 0.